The molecule has 1 aromatic carbocycles. The van der Waals surface area contributed by atoms with E-state index in [0.29, 0.717) is 16.5 Å². The van der Waals surface area contributed by atoms with Gasteiger partial charge in [0.2, 0.25) is 0 Å². The molecule has 2 atom stereocenters. The van der Waals surface area contributed by atoms with Crippen molar-refractivity contribution in [2.24, 2.45) is 0 Å². The highest BCUT2D eigenvalue weighted by Crippen LogP contribution is 2.55. The molecule has 3 aliphatic carbocycles. The molecule has 0 N–H and O–H groups in total. The highest BCUT2D eigenvalue weighted by atomic mass is 35.5. The predicted octanol–water partition coefficient (Wildman–Crippen LogP) is 5.40. The molecular formula is C13H8Cl4O. The van der Waals surface area contributed by atoms with Gasteiger partial charge >= 0.3 is 0 Å². The zero-order chi connectivity index (χ0) is 13.2. The Morgan fingerprint density at radius 3 is 2.17 bits per heavy atom. The van der Waals surface area contributed by atoms with E-state index < -0.39 is 0 Å². The minimum absolute atomic E-state index is 0.0164. The Morgan fingerprint density at radius 1 is 1.00 bits per heavy atom. The number of rotatable bonds is 0. The van der Waals surface area contributed by atoms with Gasteiger partial charge in [0.1, 0.15) is 5.78 Å². The van der Waals surface area contributed by atoms with Crippen LogP contribution in [0, 0.1) is 0 Å². The molecule has 4 rings (SSSR count). The minimum Gasteiger partial charge on any atom is -0.299 e. The second kappa shape index (κ2) is 4.14. The molecule has 0 amide bonds. The summed E-state index contributed by atoms with van der Waals surface area (Å²) in [7, 11) is 0. The average molecular weight is 322 g/mol. The van der Waals surface area contributed by atoms with Crippen molar-refractivity contribution < 1.29 is 4.79 Å². The number of fused-ring (bicyclic) bond motifs is 1. The lowest BCUT2D eigenvalue weighted by Gasteiger charge is -2.37. The summed E-state index contributed by atoms with van der Waals surface area (Å²) in [5.41, 5.74) is 2.76. The Bertz CT molecular complexity index is 618. The van der Waals surface area contributed by atoms with Crippen molar-refractivity contribution in [1.82, 2.24) is 0 Å². The molecule has 2 bridgehead atoms. The van der Waals surface area contributed by atoms with Gasteiger partial charge in [-0.05, 0) is 18.1 Å². The van der Waals surface area contributed by atoms with Crippen LogP contribution in [0.3, 0.4) is 0 Å². The molecule has 3 aliphatic rings. The van der Waals surface area contributed by atoms with Crippen LogP contribution in [-0.2, 0) is 4.79 Å². The summed E-state index contributed by atoms with van der Waals surface area (Å²) in [6, 6.07) is 0. The summed E-state index contributed by atoms with van der Waals surface area (Å²) >= 11 is 24.7. The van der Waals surface area contributed by atoms with Gasteiger partial charge in [-0.25, -0.2) is 0 Å². The Labute approximate surface area is 125 Å². The fourth-order valence-corrected chi connectivity index (χ4v) is 3.98. The number of hydrogen-bond acceptors (Lipinski definition) is 1. The van der Waals surface area contributed by atoms with Crippen LogP contribution in [0.5, 0.6) is 0 Å². The number of allylic oxidation sites excluding steroid dienone is 2. The van der Waals surface area contributed by atoms with Gasteiger partial charge in [0.15, 0.2) is 0 Å². The predicted molar refractivity (Wildman–Crippen MR) is 75.3 cm³/mol. The average Bonchev–Trinajstić information content (AvgIpc) is 2.34. The first-order valence-corrected chi connectivity index (χ1v) is 7.01. The largest absolute Gasteiger partial charge is 0.299 e. The minimum atomic E-state index is -0.329. The fraction of sp³-hybridized carbons (Fsp3) is 0.308. The van der Waals surface area contributed by atoms with E-state index in [4.69, 9.17) is 46.4 Å². The standard InChI is InChI=1S/C13H8Cl4O/c1-4-2-6-7(18)3-5(4)8-9(6)11(15)13(17)12(16)10(8)14/h2,5-6H,3H2,1H3/t5-,6-/m1/s1. The Kier molecular flexibility index (Phi) is 2.95. The molecule has 0 saturated heterocycles. The van der Waals surface area contributed by atoms with Crippen LogP contribution in [-0.4, -0.2) is 5.78 Å². The maximum absolute atomic E-state index is 12.0. The zero-order valence-electron chi connectivity index (χ0n) is 9.36. The van der Waals surface area contributed by atoms with Gasteiger partial charge in [0.25, 0.3) is 0 Å². The fourth-order valence-electron chi connectivity index (χ4n) is 2.85. The second-order valence-corrected chi connectivity index (χ2v) is 6.21. The molecule has 0 aromatic heterocycles. The third kappa shape index (κ3) is 1.51. The number of halogens is 4. The number of carbonyl (C=O) groups excluding carboxylic acids is 1. The summed E-state index contributed by atoms with van der Waals surface area (Å²) in [5, 5.41) is 1.28. The lowest BCUT2D eigenvalue weighted by molar-refractivity contribution is -0.120. The van der Waals surface area contributed by atoms with Gasteiger partial charge in [-0.15, -0.1) is 0 Å². The number of carbonyl (C=O) groups is 1. The van der Waals surface area contributed by atoms with E-state index in [9.17, 15) is 4.79 Å². The van der Waals surface area contributed by atoms with Crippen molar-refractivity contribution >= 4 is 52.2 Å². The topological polar surface area (TPSA) is 17.1 Å². The number of ketones is 1. The molecule has 0 spiro atoms. The Balaban J connectivity index is 2.40. The van der Waals surface area contributed by atoms with Crippen molar-refractivity contribution in [3.63, 3.8) is 0 Å². The lowest BCUT2D eigenvalue weighted by Crippen LogP contribution is -2.29. The highest BCUT2D eigenvalue weighted by molar-refractivity contribution is 6.52. The van der Waals surface area contributed by atoms with E-state index >= 15 is 0 Å². The van der Waals surface area contributed by atoms with E-state index in [1.165, 1.54) is 0 Å². The molecule has 5 heteroatoms. The highest BCUT2D eigenvalue weighted by Gasteiger charge is 2.42. The van der Waals surface area contributed by atoms with Gasteiger partial charge < -0.3 is 0 Å². The normalized spacial score (nSPS) is 25.2. The van der Waals surface area contributed by atoms with Crippen LogP contribution >= 0.6 is 46.4 Å². The summed E-state index contributed by atoms with van der Waals surface area (Å²) in [6.07, 6.45) is 2.42. The third-order valence-corrected chi connectivity index (χ3v) is 5.56. The Hall–Kier alpha value is -0.210. The quantitative estimate of drug-likeness (QED) is 0.355. The maximum atomic E-state index is 12.0. The van der Waals surface area contributed by atoms with Crippen LogP contribution in [0.1, 0.15) is 36.3 Å². The van der Waals surface area contributed by atoms with Gasteiger partial charge in [-0.3, -0.25) is 4.79 Å². The summed E-state index contributed by atoms with van der Waals surface area (Å²) in [5.74, 6) is -0.184. The van der Waals surface area contributed by atoms with Gasteiger partial charge in [0.05, 0.1) is 26.0 Å². The molecule has 94 valence electrons. The molecule has 0 fully saturated rings. The monoisotopic (exact) mass is 320 g/mol. The van der Waals surface area contributed by atoms with Gasteiger partial charge in [-0.2, -0.15) is 0 Å². The molecule has 0 saturated carbocycles. The van der Waals surface area contributed by atoms with Crippen molar-refractivity contribution in [3.8, 4) is 0 Å². The molecule has 0 unspecified atom stereocenters. The molecular weight excluding hydrogens is 314 g/mol. The molecule has 0 heterocycles. The first-order valence-electron chi connectivity index (χ1n) is 5.50. The van der Waals surface area contributed by atoms with Crippen molar-refractivity contribution in [2.75, 3.05) is 0 Å². The number of hydrogen-bond donors (Lipinski definition) is 0. The number of benzene rings is 1. The van der Waals surface area contributed by atoms with Crippen molar-refractivity contribution in [3.05, 3.63) is 42.9 Å². The lowest BCUT2D eigenvalue weighted by atomic mass is 9.67. The van der Waals surface area contributed by atoms with Gasteiger partial charge in [-0.1, -0.05) is 58.1 Å². The summed E-state index contributed by atoms with van der Waals surface area (Å²) in [6.45, 7) is 2.00. The third-order valence-electron chi connectivity index (χ3n) is 3.73. The van der Waals surface area contributed by atoms with E-state index in [-0.39, 0.29) is 27.7 Å². The summed E-state index contributed by atoms with van der Waals surface area (Å²) < 4.78 is 0. The van der Waals surface area contributed by atoms with E-state index in [1.807, 2.05) is 13.0 Å². The first kappa shape index (κ1) is 12.8. The van der Waals surface area contributed by atoms with Crippen molar-refractivity contribution in [1.29, 1.82) is 0 Å². The van der Waals surface area contributed by atoms with Crippen LogP contribution < -0.4 is 0 Å². The molecule has 0 radical (unpaired) electrons. The van der Waals surface area contributed by atoms with Crippen LogP contribution in [0.4, 0.5) is 0 Å². The van der Waals surface area contributed by atoms with E-state index in [2.05, 4.69) is 0 Å². The van der Waals surface area contributed by atoms with E-state index in [0.717, 1.165) is 16.7 Å². The van der Waals surface area contributed by atoms with Crippen LogP contribution in [0.2, 0.25) is 20.1 Å². The molecule has 1 nitrogen and oxygen atoms in total. The smallest absolute Gasteiger partial charge is 0.145 e. The number of Topliss-reactive ketones (excluding diaryl/α,β-unsaturated/α-hetero) is 1. The second-order valence-electron chi connectivity index (χ2n) is 4.69. The van der Waals surface area contributed by atoms with E-state index in [1.54, 1.807) is 0 Å². The van der Waals surface area contributed by atoms with Crippen LogP contribution in [0.15, 0.2) is 11.6 Å². The SMILES string of the molecule is CC1=C[C@@H]2C(=O)C[C@H]1c1c(Cl)c(Cl)c(Cl)c(Cl)c12. The molecule has 18 heavy (non-hydrogen) atoms. The van der Waals surface area contributed by atoms with Crippen molar-refractivity contribution in [2.45, 2.75) is 25.2 Å². The molecule has 1 aromatic rings. The van der Waals surface area contributed by atoms with Crippen LogP contribution in [0.25, 0.3) is 0 Å². The zero-order valence-corrected chi connectivity index (χ0v) is 12.4. The molecule has 0 aliphatic heterocycles. The van der Waals surface area contributed by atoms with Gasteiger partial charge in [0, 0.05) is 12.3 Å². The maximum Gasteiger partial charge on any atom is 0.145 e. The first-order chi connectivity index (χ1) is 8.43. The summed E-state index contributed by atoms with van der Waals surface area (Å²) in [4.78, 5) is 12.0. The Morgan fingerprint density at radius 2 is 1.56 bits per heavy atom.